The number of nitrogens with zero attached hydrogens (tertiary/aromatic N) is 3. The van der Waals surface area contributed by atoms with Gasteiger partial charge in [-0.1, -0.05) is 32.0 Å². The van der Waals surface area contributed by atoms with E-state index in [1.165, 1.54) is 0 Å². The van der Waals surface area contributed by atoms with Crippen molar-refractivity contribution in [3.05, 3.63) is 30.3 Å². The van der Waals surface area contributed by atoms with Crippen LogP contribution in [0.5, 0.6) is 0 Å². The van der Waals surface area contributed by atoms with Crippen LogP contribution in [0.4, 0.5) is 10.5 Å². The van der Waals surface area contributed by atoms with E-state index in [0.29, 0.717) is 39.1 Å². The normalized spacial score (nSPS) is 23.1. The summed E-state index contributed by atoms with van der Waals surface area (Å²) >= 11 is 0. The second kappa shape index (κ2) is 7.58. The van der Waals surface area contributed by atoms with E-state index in [9.17, 15) is 14.4 Å². The van der Waals surface area contributed by atoms with E-state index in [0.717, 1.165) is 5.69 Å². The van der Waals surface area contributed by atoms with E-state index >= 15 is 0 Å². The third-order valence-corrected chi connectivity index (χ3v) is 5.33. The standard InChI is InChI=1S/C20H28N4O3/c1-15(2)18(26)23-9-10-24(19(27)21-16-7-5-4-6-8-16)14-20(13-23)11-17(25)22(3)12-20/h4-8,15H,9-14H2,1-3H3,(H,21,27). The van der Waals surface area contributed by atoms with Gasteiger partial charge in [-0.25, -0.2) is 4.79 Å². The van der Waals surface area contributed by atoms with E-state index in [-0.39, 0.29) is 23.8 Å². The molecule has 3 rings (SSSR count). The Morgan fingerprint density at radius 3 is 2.26 bits per heavy atom. The van der Waals surface area contributed by atoms with Crippen LogP contribution in [-0.2, 0) is 9.59 Å². The highest BCUT2D eigenvalue weighted by Crippen LogP contribution is 2.35. The fraction of sp³-hybridized carbons (Fsp3) is 0.550. The highest BCUT2D eigenvalue weighted by Gasteiger charge is 2.47. The van der Waals surface area contributed by atoms with Gasteiger partial charge in [0.1, 0.15) is 0 Å². The molecular weight excluding hydrogens is 344 g/mol. The maximum Gasteiger partial charge on any atom is 0.321 e. The van der Waals surface area contributed by atoms with Gasteiger partial charge in [-0.2, -0.15) is 0 Å². The first-order valence-corrected chi connectivity index (χ1v) is 9.43. The second-order valence-corrected chi connectivity index (χ2v) is 8.06. The van der Waals surface area contributed by atoms with Crippen molar-refractivity contribution in [2.45, 2.75) is 20.3 Å². The molecule has 0 radical (unpaired) electrons. The number of carbonyl (C=O) groups is 3. The molecule has 1 spiro atoms. The Morgan fingerprint density at radius 1 is 1.04 bits per heavy atom. The number of anilines is 1. The molecule has 1 aromatic carbocycles. The number of urea groups is 1. The summed E-state index contributed by atoms with van der Waals surface area (Å²) in [6.07, 6.45) is 0.362. The summed E-state index contributed by atoms with van der Waals surface area (Å²) in [6, 6.07) is 9.12. The SMILES string of the molecule is CC(C)C(=O)N1CCN(C(=O)Nc2ccccc2)CC2(CC(=O)N(C)C2)C1. The molecule has 0 aromatic heterocycles. The van der Waals surface area contributed by atoms with Crippen LogP contribution < -0.4 is 5.32 Å². The van der Waals surface area contributed by atoms with Crippen molar-refractivity contribution in [3.63, 3.8) is 0 Å². The molecule has 146 valence electrons. The van der Waals surface area contributed by atoms with Gasteiger partial charge in [0, 0.05) is 63.2 Å². The van der Waals surface area contributed by atoms with E-state index in [1.807, 2.05) is 49.1 Å². The Kier molecular flexibility index (Phi) is 5.39. The zero-order chi connectivity index (χ0) is 19.6. The van der Waals surface area contributed by atoms with Gasteiger partial charge in [-0.3, -0.25) is 9.59 Å². The summed E-state index contributed by atoms with van der Waals surface area (Å²) < 4.78 is 0. The molecule has 4 amide bonds. The van der Waals surface area contributed by atoms with E-state index in [1.54, 1.807) is 16.8 Å². The molecule has 0 saturated carbocycles. The van der Waals surface area contributed by atoms with Crippen molar-refractivity contribution in [3.8, 4) is 0 Å². The Bertz CT molecular complexity index is 721. The van der Waals surface area contributed by atoms with Crippen molar-refractivity contribution in [2.24, 2.45) is 11.3 Å². The van der Waals surface area contributed by atoms with Gasteiger partial charge in [0.05, 0.1) is 0 Å². The summed E-state index contributed by atoms with van der Waals surface area (Å²) in [5, 5.41) is 2.92. The lowest BCUT2D eigenvalue weighted by atomic mass is 9.85. The third kappa shape index (κ3) is 4.23. The lowest BCUT2D eigenvalue weighted by Crippen LogP contribution is -2.46. The molecule has 1 aromatic rings. The Morgan fingerprint density at radius 2 is 1.67 bits per heavy atom. The fourth-order valence-corrected chi connectivity index (χ4v) is 4.02. The molecule has 1 unspecified atom stereocenters. The summed E-state index contributed by atoms with van der Waals surface area (Å²) in [7, 11) is 1.78. The Labute approximate surface area is 160 Å². The van der Waals surface area contributed by atoms with Gasteiger partial charge in [-0.15, -0.1) is 0 Å². The lowest BCUT2D eigenvalue weighted by Gasteiger charge is -2.33. The largest absolute Gasteiger partial charge is 0.345 e. The van der Waals surface area contributed by atoms with Gasteiger partial charge in [0.15, 0.2) is 0 Å². The Balaban J connectivity index is 1.81. The van der Waals surface area contributed by atoms with Gasteiger partial charge in [-0.05, 0) is 12.1 Å². The minimum atomic E-state index is -0.416. The van der Waals surface area contributed by atoms with Crippen LogP contribution in [0.15, 0.2) is 30.3 Å². The predicted octanol–water partition coefficient (Wildman–Crippen LogP) is 1.87. The molecule has 27 heavy (non-hydrogen) atoms. The smallest absolute Gasteiger partial charge is 0.321 e. The number of para-hydroxylation sites is 1. The van der Waals surface area contributed by atoms with Crippen molar-refractivity contribution >= 4 is 23.5 Å². The summed E-state index contributed by atoms with van der Waals surface area (Å²) in [5.41, 5.74) is 0.316. The molecular formula is C20H28N4O3. The average molecular weight is 372 g/mol. The molecule has 0 bridgehead atoms. The molecule has 0 aliphatic carbocycles. The van der Waals surface area contributed by atoms with E-state index < -0.39 is 5.41 Å². The van der Waals surface area contributed by atoms with Crippen molar-refractivity contribution in [2.75, 3.05) is 45.1 Å². The topological polar surface area (TPSA) is 73.0 Å². The number of likely N-dealkylation sites (tertiary alicyclic amines) is 1. The first-order valence-electron chi connectivity index (χ1n) is 9.43. The van der Waals surface area contributed by atoms with Crippen molar-refractivity contribution in [1.82, 2.24) is 14.7 Å². The quantitative estimate of drug-likeness (QED) is 0.861. The van der Waals surface area contributed by atoms with Crippen LogP contribution in [0.2, 0.25) is 0 Å². The van der Waals surface area contributed by atoms with Crippen molar-refractivity contribution in [1.29, 1.82) is 0 Å². The average Bonchev–Trinajstić information content (AvgIpc) is 2.79. The van der Waals surface area contributed by atoms with E-state index in [2.05, 4.69) is 5.32 Å². The van der Waals surface area contributed by atoms with Crippen LogP contribution >= 0.6 is 0 Å². The highest BCUT2D eigenvalue weighted by molar-refractivity contribution is 5.89. The Hall–Kier alpha value is -2.57. The minimum Gasteiger partial charge on any atom is -0.345 e. The van der Waals surface area contributed by atoms with Crippen LogP contribution in [-0.4, -0.2) is 72.3 Å². The van der Waals surface area contributed by atoms with Gasteiger partial charge >= 0.3 is 6.03 Å². The molecule has 2 saturated heterocycles. The van der Waals surface area contributed by atoms with Gasteiger partial charge in [0.25, 0.3) is 0 Å². The number of carbonyl (C=O) groups excluding carboxylic acids is 3. The zero-order valence-electron chi connectivity index (χ0n) is 16.3. The summed E-state index contributed by atoms with van der Waals surface area (Å²) in [5.74, 6) is 0.0283. The van der Waals surface area contributed by atoms with Crippen LogP contribution in [0.3, 0.4) is 0 Å². The van der Waals surface area contributed by atoms with Crippen LogP contribution in [0.1, 0.15) is 20.3 Å². The molecule has 2 aliphatic heterocycles. The van der Waals surface area contributed by atoms with Gasteiger partial charge < -0.3 is 20.0 Å². The minimum absolute atomic E-state index is 0.0669. The first-order chi connectivity index (χ1) is 12.8. The number of nitrogens with one attached hydrogen (secondary N) is 1. The second-order valence-electron chi connectivity index (χ2n) is 8.06. The summed E-state index contributed by atoms with van der Waals surface area (Å²) in [6.45, 7) is 6.23. The monoisotopic (exact) mass is 372 g/mol. The number of benzene rings is 1. The van der Waals surface area contributed by atoms with Crippen molar-refractivity contribution < 1.29 is 14.4 Å². The van der Waals surface area contributed by atoms with Crippen LogP contribution in [0, 0.1) is 11.3 Å². The zero-order valence-corrected chi connectivity index (χ0v) is 16.3. The summed E-state index contributed by atoms with van der Waals surface area (Å²) in [4.78, 5) is 43.0. The fourth-order valence-electron chi connectivity index (χ4n) is 4.02. The lowest BCUT2D eigenvalue weighted by molar-refractivity contribution is -0.135. The number of hydrogen-bond donors (Lipinski definition) is 1. The molecule has 2 fully saturated rings. The maximum atomic E-state index is 12.8. The number of amides is 4. The molecule has 2 heterocycles. The van der Waals surface area contributed by atoms with E-state index in [4.69, 9.17) is 0 Å². The molecule has 1 atom stereocenters. The molecule has 1 N–H and O–H groups in total. The molecule has 7 nitrogen and oxygen atoms in total. The highest BCUT2D eigenvalue weighted by atomic mass is 16.2. The van der Waals surface area contributed by atoms with Crippen LogP contribution in [0.25, 0.3) is 0 Å². The number of hydrogen-bond acceptors (Lipinski definition) is 3. The third-order valence-electron chi connectivity index (χ3n) is 5.33. The first kappa shape index (κ1) is 19.2. The molecule has 2 aliphatic rings. The van der Waals surface area contributed by atoms with Gasteiger partial charge in [0.2, 0.25) is 11.8 Å². The predicted molar refractivity (Wildman–Crippen MR) is 103 cm³/mol. The number of rotatable bonds is 2. The maximum absolute atomic E-state index is 12.8. The molecule has 7 heteroatoms.